The summed E-state index contributed by atoms with van der Waals surface area (Å²) in [7, 11) is 0. The first-order chi connectivity index (χ1) is 9.81. The number of carbonyl (C=O) groups is 1. The van der Waals surface area contributed by atoms with E-state index in [-0.39, 0.29) is 5.91 Å². The molecule has 6 heteroatoms. The topological polar surface area (TPSA) is 49.6 Å². The molecule has 2 aromatic rings. The molecular formula is C14H18N4OS. The van der Waals surface area contributed by atoms with Gasteiger partial charge in [-0.2, -0.15) is 0 Å². The molecule has 0 saturated carbocycles. The van der Waals surface area contributed by atoms with Crippen molar-refractivity contribution in [3.63, 3.8) is 0 Å². The molecule has 5 nitrogen and oxygen atoms in total. The van der Waals surface area contributed by atoms with Crippen LogP contribution in [0, 0.1) is 0 Å². The Morgan fingerprint density at radius 2 is 2.30 bits per heavy atom. The monoisotopic (exact) mass is 290 g/mol. The fraction of sp³-hybridized carbons (Fsp3) is 0.571. The second-order valence-corrected chi connectivity index (χ2v) is 6.55. The number of hydrogen-bond donors (Lipinski definition) is 1. The van der Waals surface area contributed by atoms with Crippen molar-refractivity contribution >= 4 is 22.2 Å². The van der Waals surface area contributed by atoms with Crippen molar-refractivity contribution in [1.82, 2.24) is 19.6 Å². The normalized spacial score (nSPS) is 26.1. The highest BCUT2D eigenvalue weighted by Gasteiger charge is 2.37. The number of imidazole rings is 1. The lowest BCUT2D eigenvalue weighted by atomic mass is 10.1. The number of aromatic nitrogens is 2. The van der Waals surface area contributed by atoms with Gasteiger partial charge in [0.2, 0.25) is 5.91 Å². The summed E-state index contributed by atoms with van der Waals surface area (Å²) in [6.07, 6.45) is 7.78. The number of rotatable bonds is 2. The van der Waals surface area contributed by atoms with Crippen LogP contribution in [-0.2, 0) is 11.2 Å². The predicted octanol–water partition coefficient (Wildman–Crippen LogP) is 1.29. The predicted molar refractivity (Wildman–Crippen MR) is 77.9 cm³/mol. The molecular weight excluding hydrogens is 272 g/mol. The number of fused-ring (bicyclic) bond motifs is 3. The molecule has 0 radical (unpaired) electrons. The Morgan fingerprint density at radius 3 is 3.20 bits per heavy atom. The standard InChI is InChI=1S/C14H18N4OS/c19-13(7-10-9-17-5-6-20-14(17)16-10)18-11-1-2-12(18)8-15-4-3-11/h5-6,9,11-12,15H,1-4,7-8H2/t11-,12+/m1/s1. The first kappa shape index (κ1) is 12.3. The molecule has 4 heterocycles. The Morgan fingerprint density at radius 1 is 1.40 bits per heavy atom. The van der Waals surface area contributed by atoms with Crippen LogP contribution in [-0.4, -0.2) is 45.4 Å². The van der Waals surface area contributed by atoms with Crippen LogP contribution in [0.25, 0.3) is 4.96 Å². The lowest BCUT2D eigenvalue weighted by Gasteiger charge is -2.27. The van der Waals surface area contributed by atoms with E-state index in [1.54, 1.807) is 11.3 Å². The highest BCUT2D eigenvalue weighted by molar-refractivity contribution is 7.15. The molecule has 0 spiro atoms. The molecule has 0 aromatic carbocycles. The van der Waals surface area contributed by atoms with E-state index in [1.807, 2.05) is 22.2 Å². The van der Waals surface area contributed by atoms with Gasteiger partial charge in [-0.15, -0.1) is 11.3 Å². The van der Waals surface area contributed by atoms with Crippen LogP contribution >= 0.6 is 11.3 Å². The van der Waals surface area contributed by atoms with Crippen LogP contribution in [0.15, 0.2) is 17.8 Å². The molecule has 2 bridgehead atoms. The molecule has 2 fully saturated rings. The third-order valence-corrected chi connectivity index (χ3v) is 5.19. The highest BCUT2D eigenvalue weighted by atomic mass is 32.1. The maximum atomic E-state index is 12.6. The molecule has 2 saturated heterocycles. The number of carbonyl (C=O) groups excluding carboxylic acids is 1. The molecule has 2 aromatic heterocycles. The largest absolute Gasteiger partial charge is 0.335 e. The Kier molecular flexibility index (Phi) is 3.00. The molecule has 2 atom stereocenters. The fourth-order valence-corrected chi connectivity index (χ4v) is 4.22. The summed E-state index contributed by atoms with van der Waals surface area (Å²) >= 11 is 1.60. The van der Waals surface area contributed by atoms with E-state index in [0.29, 0.717) is 18.5 Å². The van der Waals surface area contributed by atoms with Gasteiger partial charge in [0, 0.05) is 36.4 Å². The van der Waals surface area contributed by atoms with Crippen molar-refractivity contribution in [2.45, 2.75) is 37.8 Å². The minimum Gasteiger partial charge on any atom is -0.335 e. The zero-order chi connectivity index (χ0) is 13.5. The van der Waals surface area contributed by atoms with Crippen molar-refractivity contribution < 1.29 is 4.79 Å². The van der Waals surface area contributed by atoms with E-state index in [2.05, 4.69) is 15.2 Å². The van der Waals surface area contributed by atoms with Crippen molar-refractivity contribution in [3.8, 4) is 0 Å². The molecule has 1 N–H and O–H groups in total. The Hall–Kier alpha value is -1.40. The SMILES string of the molecule is O=C(Cc1cn2ccsc2n1)N1[C@H]2CCNC[C@@H]1CC2. The van der Waals surface area contributed by atoms with E-state index in [9.17, 15) is 4.79 Å². The number of nitrogens with zero attached hydrogens (tertiary/aromatic N) is 3. The van der Waals surface area contributed by atoms with Gasteiger partial charge in [0.1, 0.15) is 0 Å². The second-order valence-electron chi connectivity index (χ2n) is 5.68. The maximum absolute atomic E-state index is 12.6. The molecule has 0 aliphatic carbocycles. The Bertz CT molecular complexity index is 591. The average molecular weight is 290 g/mol. The molecule has 1 amide bonds. The molecule has 4 rings (SSSR count). The maximum Gasteiger partial charge on any atom is 0.229 e. The van der Waals surface area contributed by atoms with Gasteiger partial charge in [-0.3, -0.25) is 9.20 Å². The minimum absolute atomic E-state index is 0.243. The number of amides is 1. The van der Waals surface area contributed by atoms with Crippen LogP contribution in [0.3, 0.4) is 0 Å². The molecule has 2 aliphatic rings. The third kappa shape index (κ3) is 2.03. The zero-order valence-corrected chi connectivity index (χ0v) is 12.1. The minimum atomic E-state index is 0.243. The van der Waals surface area contributed by atoms with Gasteiger partial charge in [0.05, 0.1) is 12.1 Å². The summed E-state index contributed by atoms with van der Waals surface area (Å²) in [6, 6.07) is 0.824. The van der Waals surface area contributed by atoms with Gasteiger partial charge in [0.25, 0.3) is 0 Å². The van der Waals surface area contributed by atoms with Gasteiger partial charge in [-0.1, -0.05) is 0 Å². The summed E-state index contributed by atoms with van der Waals surface area (Å²) in [5.41, 5.74) is 0.887. The average Bonchev–Trinajstić information content (AvgIpc) is 3.01. The summed E-state index contributed by atoms with van der Waals surface area (Å²) in [6.45, 7) is 1.98. The molecule has 106 valence electrons. The highest BCUT2D eigenvalue weighted by Crippen LogP contribution is 2.28. The summed E-state index contributed by atoms with van der Waals surface area (Å²) < 4.78 is 1.99. The van der Waals surface area contributed by atoms with E-state index >= 15 is 0 Å². The summed E-state index contributed by atoms with van der Waals surface area (Å²) in [5, 5.41) is 5.44. The lowest BCUT2D eigenvalue weighted by Crippen LogP contribution is -2.43. The molecule has 2 aliphatic heterocycles. The van der Waals surface area contributed by atoms with Crippen LogP contribution in [0.2, 0.25) is 0 Å². The summed E-state index contributed by atoms with van der Waals surface area (Å²) in [5.74, 6) is 0.243. The van der Waals surface area contributed by atoms with Crippen molar-refractivity contribution in [2.24, 2.45) is 0 Å². The van der Waals surface area contributed by atoms with E-state index in [4.69, 9.17) is 0 Å². The number of hydrogen-bond acceptors (Lipinski definition) is 4. The van der Waals surface area contributed by atoms with Crippen LogP contribution in [0.4, 0.5) is 0 Å². The van der Waals surface area contributed by atoms with E-state index < -0.39 is 0 Å². The van der Waals surface area contributed by atoms with Gasteiger partial charge in [0.15, 0.2) is 4.96 Å². The zero-order valence-electron chi connectivity index (χ0n) is 11.3. The smallest absolute Gasteiger partial charge is 0.229 e. The van der Waals surface area contributed by atoms with Gasteiger partial charge < -0.3 is 10.2 Å². The van der Waals surface area contributed by atoms with Crippen molar-refractivity contribution in [3.05, 3.63) is 23.5 Å². The van der Waals surface area contributed by atoms with Crippen molar-refractivity contribution in [1.29, 1.82) is 0 Å². The molecule has 0 unspecified atom stereocenters. The summed E-state index contributed by atoms with van der Waals surface area (Å²) in [4.78, 5) is 20.3. The Balaban J connectivity index is 1.53. The van der Waals surface area contributed by atoms with Crippen LogP contribution < -0.4 is 5.32 Å². The lowest BCUT2D eigenvalue weighted by molar-refractivity contribution is -0.133. The van der Waals surface area contributed by atoms with Crippen molar-refractivity contribution in [2.75, 3.05) is 13.1 Å². The Labute approximate surface area is 121 Å². The van der Waals surface area contributed by atoms with Crippen LogP contribution in [0.5, 0.6) is 0 Å². The second kappa shape index (κ2) is 4.86. The van der Waals surface area contributed by atoms with E-state index in [0.717, 1.165) is 43.0 Å². The van der Waals surface area contributed by atoms with Gasteiger partial charge in [-0.05, 0) is 25.8 Å². The van der Waals surface area contributed by atoms with Crippen LogP contribution in [0.1, 0.15) is 25.0 Å². The third-order valence-electron chi connectivity index (χ3n) is 4.42. The quantitative estimate of drug-likeness (QED) is 0.907. The number of thiazole rings is 1. The van der Waals surface area contributed by atoms with Gasteiger partial charge in [-0.25, -0.2) is 4.98 Å². The van der Waals surface area contributed by atoms with E-state index in [1.165, 1.54) is 0 Å². The first-order valence-corrected chi connectivity index (χ1v) is 8.12. The first-order valence-electron chi connectivity index (χ1n) is 7.24. The molecule has 20 heavy (non-hydrogen) atoms. The van der Waals surface area contributed by atoms with Gasteiger partial charge >= 0.3 is 0 Å². The number of nitrogens with one attached hydrogen (secondary N) is 1. The fourth-order valence-electron chi connectivity index (χ4n) is 3.50.